The van der Waals surface area contributed by atoms with Crippen LogP contribution in [0.5, 0.6) is 0 Å². The Hall–Kier alpha value is -2.78. The molecule has 3 amide bonds. The second-order valence-corrected chi connectivity index (χ2v) is 17.5. The van der Waals surface area contributed by atoms with Gasteiger partial charge in [0.15, 0.2) is 0 Å². The molecule has 14 heteroatoms. The van der Waals surface area contributed by atoms with Crippen LogP contribution in [0.25, 0.3) is 0 Å². The highest BCUT2D eigenvalue weighted by Gasteiger charge is 2.61. The molecule has 2 saturated heterocycles. The van der Waals surface area contributed by atoms with Crippen molar-refractivity contribution in [2.75, 3.05) is 20.8 Å². The molecule has 6 rings (SSSR count). The van der Waals surface area contributed by atoms with Crippen LogP contribution in [-0.4, -0.2) is 113 Å². The molecule has 4 unspecified atom stereocenters. The molecule has 6 aliphatic rings. The van der Waals surface area contributed by atoms with Gasteiger partial charge in [-0.2, -0.15) is 5.12 Å². The molecule has 298 valence electrons. The Morgan fingerprint density at radius 3 is 2.28 bits per heavy atom. The number of allylic oxidation sites excluding steroid dienone is 1. The average molecular weight is 745 g/mol. The van der Waals surface area contributed by atoms with E-state index in [1.807, 2.05) is 17.3 Å². The van der Waals surface area contributed by atoms with E-state index in [9.17, 15) is 24.3 Å². The Labute approximate surface area is 314 Å². The summed E-state index contributed by atoms with van der Waals surface area (Å²) in [6.07, 6.45) is 16.3. The number of nitrogens with zero attached hydrogens (tertiary/aromatic N) is 2. The minimum absolute atomic E-state index is 0.149. The van der Waals surface area contributed by atoms with E-state index in [4.69, 9.17) is 14.2 Å². The van der Waals surface area contributed by atoms with Crippen LogP contribution in [0.4, 0.5) is 4.79 Å². The molecule has 14 nitrogen and oxygen atoms in total. The number of carboxylic acid groups (broad SMARTS) is 1. The van der Waals surface area contributed by atoms with E-state index < -0.39 is 41.2 Å². The van der Waals surface area contributed by atoms with Crippen molar-refractivity contribution < 1.29 is 38.5 Å². The predicted octanol–water partition coefficient (Wildman–Crippen LogP) is 3.80. The quantitative estimate of drug-likeness (QED) is 0.240. The molecule has 5 fully saturated rings. The summed E-state index contributed by atoms with van der Waals surface area (Å²) >= 11 is 0. The summed E-state index contributed by atoms with van der Waals surface area (Å²) < 4.78 is 17.1. The van der Waals surface area contributed by atoms with Crippen LogP contribution >= 0.6 is 0 Å². The number of carboxylic acids is 1. The van der Waals surface area contributed by atoms with Gasteiger partial charge in [0.2, 0.25) is 11.8 Å². The summed E-state index contributed by atoms with van der Waals surface area (Å²) in [5, 5.41) is 18.1. The van der Waals surface area contributed by atoms with Gasteiger partial charge in [-0.3, -0.25) is 9.59 Å². The highest BCUT2D eigenvalue weighted by atomic mass is 16.6. The largest absolute Gasteiger partial charge is 0.479 e. The molecule has 0 spiro atoms. The summed E-state index contributed by atoms with van der Waals surface area (Å²) in [7, 11) is 3.59. The van der Waals surface area contributed by atoms with Crippen LogP contribution < -0.4 is 21.5 Å². The minimum atomic E-state index is -1.39. The molecule has 3 aliphatic heterocycles. The van der Waals surface area contributed by atoms with Crippen LogP contribution in [-0.2, 0) is 28.6 Å². The highest BCUT2D eigenvalue weighted by molar-refractivity contribution is 5.96. The predicted molar refractivity (Wildman–Crippen MR) is 197 cm³/mol. The first-order chi connectivity index (χ1) is 25.3. The molecule has 53 heavy (non-hydrogen) atoms. The van der Waals surface area contributed by atoms with Crippen molar-refractivity contribution in [3.63, 3.8) is 0 Å². The summed E-state index contributed by atoms with van der Waals surface area (Å²) in [5.41, 5.74) is 5.54. The molecule has 5 N–H and O–H groups in total. The van der Waals surface area contributed by atoms with Gasteiger partial charge in [-0.1, -0.05) is 31.4 Å². The number of carbonyl (C=O) groups is 4. The Kier molecular flexibility index (Phi) is 12.7. The van der Waals surface area contributed by atoms with E-state index in [0.717, 1.165) is 70.6 Å². The fraction of sp³-hybridized carbons (Fsp3) is 0.846. The van der Waals surface area contributed by atoms with Crippen molar-refractivity contribution in [3.8, 4) is 0 Å². The Morgan fingerprint density at radius 1 is 0.887 bits per heavy atom. The van der Waals surface area contributed by atoms with Gasteiger partial charge >= 0.3 is 12.1 Å². The number of carbonyl (C=O) groups excluding carboxylic acids is 3. The zero-order valence-corrected chi connectivity index (χ0v) is 32.4. The Bertz CT molecular complexity index is 1350. The molecule has 0 aromatic heterocycles. The van der Waals surface area contributed by atoms with Crippen molar-refractivity contribution in [1.29, 1.82) is 0 Å². The third-order valence-electron chi connectivity index (χ3n) is 12.7. The monoisotopic (exact) mass is 744 g/mol. The fourth-order valence-electron chi connectivity index (χ4n) is 9.65. The van der Waals surface area contributed by atoms with Gasteiger partial charge in [0, 0.05) is 38.8 Å². The van der Waals surface area contributed by atoms with Crippen LogP contribution in [0.15, 0.2) is 12.2 Å². The lowest BCUT2D eigenvalue weighted by Gasteiger charge is -2.38. The molecule has 3 heterocycles. The number of fused-ring (bicyclic) bond motifs is 2. The first kappa shape index (κ1) is 39.9. The number of alkyl carbamates (subject to hydrolysis) is 1. The number of hydrazine groups is 2. The molecular weight excluding hydrogens is 680 g/mol. The number of hydrogen-bond donors (Lipinski definition) is 5. The van der Waals surface area contributed by atoms with Crippen molar-refractivity contribution in [2.24, 2.45) is 17.8 Å². The minimum Gasteiger partial charge on any atom is -0.479 e. The van der Waals surface area contributed by atoms with E-state index >= 15 is 0 Å². The lowest BCUT2D eigenvalue weighted by molar-refractivity contribution is -0.145. The van der Waals surface area contributed by atoms with Crippen molar-refractivity contribution in [2.45, 2.75) is 171 Å². The van der Waals surface area contributed by atoms with Crippen LogP contribution in [0.3, 0.4) is 0 Å². The normalized spacial score (nSPS) is 39.5. The zero-order chi connectivity index (χ0) is 37.9. The van der Waals surface area contributed by atoms with Gasteiger partial charge in [0.25, 0.3) is 0 Å². The number of aliphatic carboxylic acids is 1. The second-order valence-electron chi connectivity index (χ2n) is 17.5. The summed E-state index contributed by atoms with van der Waals surface area (Å²) in [6, 6.07) is -1.79. The first-order valence-corrected chi connectivity index (χ1v) is 20.2. The molecule has 0 aromatic carbocycles. The van der Waals surface area contributed by atoms with E-state index in [0.29, 0.717) is 37.5 Å². The van der Waals surface area contributed by atoms with Gasteiger partial charge in [0.1, 0.15) is 23.2 Å². The SMILES string of the molecule is COC1CCC(C2NN([C@H]3C[C@H]4C(=O)N[C@]5(C(=O)O)C[C@H]5/C=C\CCCCC[C@H](NC(=O)OC(C)(C)C)C(=O)N4C3)NC2C2CCCC(OC)C2)CC1. The Morgan fingerprint density at radius 2 is 1.60 bits per heavy atom. The topological polar surface area (TPSA) is 171 Å². The summed E-state index contributed by atoms with van der Waals surface area (Å²) in [4.78, 5) is 56.1. The lowest BCUT2D eigenvalue weighted by Crippen LogP contribution is -2.56. The van der Waals surface area contributed by atoms with E-state index in [1.54, 1.807) is 39.9 Å². The van der Waals surface area contributed by atoms with Gasteiger partial charge in [-0.25, -0.2) is 20.4 Å². The zero-order valence-electron chi connectivity index (χ0n) is 32.4. The lowest BCUT2D eigenvalue weighted by atomic mass is 9.74. The van der Waals surface area contributed by atoms with Crippen molar-refractivity contribution in [3.05, 3.63) is 12.2 Å². The van der Waals surface area contributed by atoms with Crippen LogP contribution in [0.2, 0.25) is 0 Å². The molecular formula is C39H64N6O8. The molecule has 3 aliphatic carbocycles. The maximum absolute atomic E-state index is 14.6. The molecule has 0 aromatic rings. The highest BCUT2D eigenvalue weighted by Crippen LogP contribution is 2.46. The van der Waals surface area contributed by atoms with Crippen LogP contribution in [0.1, 0.15) is 117 Å². The average Bonchev–Trinajstić information content (AvgIpc) is 3.43. The standard InChI is InChI=1S/C39H64N6O8/c1-38(2,3)53-37(50)40-30-15-10-8-6-7-9-13-26-22-39(26,36(48)49)41-34(46)31-21-27(23-44(31)35(30)47)45-42-32(24-16-18-28(51-4)19-17-24)33(43-45)25-12-11-14-29(20-25)52-5/h9,13,24-33,42-43H,6-8,10-12,14-23H2,1-5H3,(H,40,50)(H,41,46)(H,48,49)/b13-9-/t24?,25?,26-,27+,28?,29?,30+,31+,32?,33?,39-/m1/s1. The number of ether oxygens (including phenoxy) is 3. The number of rotatable bonds is 7. The van der Waals surface area contributed by atoms with E-state index in [1.165, 1.54) is 0 Å². The van der Waals surface area contributed by atoms with Crippen molar-refractivity contribution in [1.82, 2.24) is 31.5 Å². The maximum Gasteiger partial charge on any atom is 0.408 e. The fourth-order valence-corrected chi connectivity index (χ4v) is 9.65. The van der Waals surface area contributed by atoms with E-state index in [2.05, 4.69) is 21.5 Å². The number of hydrogen-bond acceptors (Lipinski definition) is 10. The van der Waals surface area contributed by atoms with Crippen molar-refractivity contribution >= 4 is 23.9 Å². The van der Waals surface area contributed by atoms with Gasteiger partial charge in [-0.15, -0.1) is 0 Å². The summed E-state index contributed by atoms with van der Waals surface area (Å²) in [6.45, 7) is 5.55. The Balaban J connectivity index is 1.27. The van der Waals surface area contributed by atoms with E-state index in [-0.39, 0.29) is 48.7 Å². The maximum atomic E-state index is 14.6. The molecule has 0 bridgehead atoms. The van der Waals surface area contributed by atoms with Gasteiger partial charge in [0.05, 0.1) is 18.2 Å². The number of methoxy groups -OCH3 is 2. The number of amides is 3. The van der Waals surface area contributed by atoms with Gasteiger partial charge < -0.3 is 34.9 Å². The van der Waals surface area contributed by atoms with Gasteiger partial charge in [-0.05, 0) is 110 Å². The molecule has 3 saturated carbocycles. The third-order valence-corrected chi connectivity index (χ3v) is 12.7. The smallest absolute Gasteiger partial charge is 0.408 e. The molecule has 9 atom stereocenters. The van der Waals surface area contributed by atoms with Crippen LogP contribution in [0, 0.1) is 17.8 Å². The second kappa shape index (κ2) is 16.9. The first-order valence-electron chi connectivity index (χ1n) is 20.2. The molecule has 0 radical (unpaired) electrons. The third kappa shape index (κ3) is 9.37. The summed E-state index contributed by atoms with van der Waals surface area (Å²) in [5.74, 6) is -1.39. The number of nitrogens with one attached hydrogen (secondary N) is 4.